The van der Waals surface area contributed by atoms with Gasteiger partial charge < -0.3 is 19.5 Å². The number of fused-ring (bicyclic) bond motifs is 1. The molecule has 0 atom stereocenters. The second-order valence-corrected chi connectivity index (χ2v) is 7.63. The third-order valence-corrected chi connectivity index (χ3v) is 6.02. The van der Waals surface area contributed by atoms with Gasteiger partial charge in [0.1, 0.15) is 10.6 Å². The number of hydrogen-bond donors (Lipinski definition) is 2. The molecule has 3 heterocycles. The highest BCUT2D eigenvalue weighted by atomic mass is 32.1. The van der Waals surface area contributed by atoms with E-state index in [0.717, 1.165) is 55.4 Å². The Balaban J connectivity index is 1.81. The number of Topliss-reactive ketones (excluding diaryl/α,β-unsaturated/α-hetero) is 1. The third kappa shape index (κ3) is 4.94. The van der Waals surface area contributed by atoms with E-state index in [-0.39, 0.29) is 11.7 Å². The van der Waals surface area contributed by atoms with Gasteiger partial charge in [0.05, 0.1) is 18.1 Å². The van der Waals surface area contributed by atoms with Crippen LogP contribution in [0, 0.1) is 0 Å². The molecular weight excluding hydrogens is 390 g/mol. The number of aliphatic imine (C=N–C) groups is 1. The van der Waals surface area contributed by atoms with Crippen LogP contribution in [0.25, 0.3) is 10.2 Å². The first-order valence-electron chi connectivity index (χ1n) is 9.49. The van der Waals surface area contributed by atoms with Gasteiger partial charge in [0.2, 0.25) is 11.7 Å². The second kappa shape index (κ2) is 9.84. The van der Waals surface area contributed by atoms with E-state index in [0.29, 0.717) is 10.5 Å². The lowest BCUT2D eigenvalue weighted by Crippen LogP contribution is -2.38. The van der Waals surface area contributed by atoms with E-state index in [1.54, 1.807) is 13.0 Å². The normalized spacial score (nSPS) is 15.9. The third-order valence-electron chi connectivity index (χ3n) is 4.85. The number of nitrogens with zero attached hydrogens (tertiary/aromatic N) is 3. The maximum absolute atomic E-state index is 12.9. The number of aromatic nitrogens is 1. The molecule has 1 saturated heterocycles. The molecule has 0 unspecified atom stereocenters. The zero-order valence-electron chi connectivity index (χ0n) is 16.8. The molecule has 1 aliphatic rings. The van der Waals surface area contributed by atoms with Crippen LogP contribution in [-0.2, 0) is 16.1 Å². The first-order chi connectivity index (χ1) is 14.1. The second-order valence-electron chi connectivity index (χ2n) is 6.60. The Morgan fingerprint density at radius 1 is 1.41 bits per heavy atom. The minimum atomic E-state index is -0.0898. The lowest BCUT2D eigenvalue weighted by Gasteiger charge is -2.27. The van der Waals surface area contributed by atoms with Crippen molar-refractivity contribution in [2.45, 2.75) is 13.5 Å². The van der Waals surface area contributed by atoms with Crippen LogP contribution < -0.4 is 11.2 Å². The van der Waals surface area contributed by atoms with Crippen LogP contribution in [0.2, 0.25) is 0 Å². The number of carbonyl (C=O) groups is 1. The summed E-state index contributed by atoms with van der Waals surface area (Å²) in [6.45, 7) is 10.6. The summed E-state index contributed by atoms with van der Waals surface area (Å²) >= 11 is 1.49. The molecule has 3 rings (SSSR count). The number of nitrogens with one attached hydrogen (secondary N) is 1. The molecule has 1 fully saturated rings. The Kier molecular flexibility index (Phi) is 7.21. The summed E-state index contributed by atoms with van der Waals surface area (Å²) in [5.74, 6) is 6.01. The fourth-order valence-electron chi connectivity index (χ4n) is 3.23. The molecule has 8 nitrogen and oxygen atoms in total. The number of ketones is 1. The van der Waals surface area contributed by atoms with Crippen LogP contribution in [0.1, 0.15) is 16.6 Å². The first-order valence-corrected chi connectivity index (χ1v) is 10.3. The number of carbonyl (C=O) groups excluding carboxylic acids is 1. The number of ether oxygens (including phenoxy) is 1. The number of rotatable bonds is 9. The minimum Gasteiger partial charge on any atom is -0.392 e. The summed E-state index contributed by atoms with van der Waals surface area (Å²) < 4.78 is 7.66. The predicted octanol–water partition coefficient (Wildman–Crippen LogP) is 2.64. The van der Waals surface area contributed by atoms with Crippen molar-refractivity contribution in [3.8, 4) is 0 Å². The Hall–Kier alpha value is -2.46. The largest absolute Gasteiger partial charge is 0.392 e. The highest BCUT2D eigenvalue weighted by molar-refractivity contribution is 7.20. The molecule has 0 bridgehead atoms. The molecule has 156 valence electrons. The molecule has 2 aromatic heterocycles. The topological polar surface area (TPSA) is 94.1 Å². The van der Waals surface area contributed by atoms with Gasteiger partial charge in [0, 0.05) is 50.4 Å². The predicted molar refractivity (Wildman–Crippen MR) is 118 cm³/mol. The van der Waals surface area contributed by atoms with Crippen LogP contribution >= 0.6 is 11.3 Å². The summed E-state index contributed by atoms with van der Waals surface area (Å²) in [7, 11) is 1.91. The van der Waals surface area contributed by atoms with Gasteiger partial charge in [-0.3, -0.25) is 9.69 Å². The number of nitrogens with two attached hydrogens (primary N) is 1. The van der Waals surface area contributed by atoms with Crippen LogP contribution in [0.3, 0.4) is 0 Å². The number of thiophene rings is 1. The van der Waals surface area contributed by atoms with E-state index in [1.807, 2.05) is 13.1 Å². The van der Waals surface area contributed by atoms with Crippen LogP contribution in [0.15, 0.2) is 41.2 Å². The zero-order valence-corrected chi connectivity index (χ0v) is 17.6. The van der Waals surface area contributed by atoms with Gasteiger partial charge in [-0.2, -0.15) is 5.90 Å². The summed E-state index contributed by atoms with van der Waals surface area (Å²) in [5.41, 5.74) is 0.459. The number of morpholine rings is 1. The molecule has 0 spiro atoms. The molecule has 0 aliphatic carbocycles. The highest BCUT2D eigenvalue weighted by Gasteiger charge is 2.19. The first kappa shape index (κ1) is 21.3. The number of hydrogen-bond acceptors (Lipinski definition) is 8. The molecular formula is C20H27N5O3S. The Bertz CT molecular complexity index is 937. The van der Waals surface area contributed by atoms with Crippen LogP contribution in [-0.4, -0.2) is 61.4 Å². The molecule has 9 heteroatoms. The van der Waals surface area contributed by atoms with Crippen molar-refractivity contribution >= 4 is 39.4 Å². The Morgan fingerprint density at radius 2 is 2.17 bits per heavy atom. The van der Waals surface area contributed by atoms with Crippen molar-refractivity contribution < 1.29 is 14.4 Å². The molecule has 3 N–H and O–H groups in total. The van der Waals surface area contributed by atoms with E-state index in [4.69, 9.17) is 10.6 Å². The van der Waals surface area contributed by atoms with Crippen molar-refractivity contribution in [3.05, 3.63) is 41.1 Å². The molecule has 1 aliphatic heterocycles. The minimum absolute atomic E-state index is 0.0432. The molecule has 2 aromatic rings. The molecule has 0 amide bonds. The summed E-state index contributed by atoms with van der Waals surface area (Å²) in [6.07, 6.45) is 3.14. The monoisotopic (exact) mass is 417 g/mol. The Morgan fingerprint density at radius 3 is 2.83 bits per heavy atom. The zero-order chi connectivity index (χ0) is 20.8. The van der Waals surface area contributed by atoms with E-state index in [9.17, 15) is 4.79 Å². The van der Waals surface area contributed by atoms with Crippen molar-refractivity contribution in [1.29, 1.82) is 0 Å². The highest BCUT2D eigenvalue weighted by Crippen LogP contribution is 2.32. The molecule has 0 radical (unpaired) electrons. The van der Waals surface area contributed by atoms with Crippen molar-refractivity contribution in [2.24, 2.45) is 10.9 Å². The van der Waals surface area contributed by atoms with Gasteiger partial charge in [-0.15, -0.1) is 11.3 Å². The van der Waals surface area contributed by atoms with Crippen LogP contribution in [0.4, 0.5) is 5.82 Å². The summed E-state index contributed by atoms with van der Waals surface area (Å²) in [4.78, 5) is 25.4. The number of allylic oxidation sites excluding steroid dienone is 2. The van der Waals surface area contributed by atoms with Crippen molar-refractivity contribution in [2.75, 3.05) is 45.2 Å². The van der Waals surface area contributed by atoms with Gasteiger partial charge in [-0.25, -0.2) is 4.99 Å². The SMILES string of the molecule is C=C(/N=C\C(=C/C)C(=O)c1cc2cc(NC)n(CCN3CCOCC3)c2s1)ON. The fourth-order valence-corrected chi connectivity index (χ4v) is 4.37. The van der Waals surface area contributed by atoms with Gasteiger partial charge in [0.25, 0.3) is 0 Å². The standard InChI is InChI=1S/C20H27N5O3S/c1-4-15(13-23-14(2)28-21)19(26)17-11-16-12-18(22-3)25(20(16)29-17)6-5-24-7-9-27-10-8-24/h4,11-13,22H,2,5-10,21H2,1,3H3/b15-4+,23-13-. The van der Waals surface area contributed by atoms with Gasteiger partial charge in [0.15, 0.2) is 0 Å². The maximum Gasteiger partial charge on any atom is 0.230 e. The van der Waals surface area contributed by atoms with E-state index in [1.165, 1.54) is 17.6 Å². The van der Waals surface area contributed by atoms with Crippen molar-refractivity contribution in [1.82, 2.24) is 9.47 Å². The van der Waals surface area contributed by atoms with E-state index >= 15 is 0 Å². The molecule has 29 heavy (non-hydrogen) atoms. The maximum atomic E-state index is 12.9. The lowest BCUT2D eigenvalue weighted by atomic mass is 10.1. The van der Waals surface area contributed by atoms with E-state index in [2.05, 4.69) is 37.3 Å². The Labute approximate surface area is 174 Å². The van der Waals surface area contributed by atoms with Gasteiger partial charge in [-0.05, 0) is 25.6 Å². The molecule has 0 aromatic carbocycles. The lowest BCUT2D eigenvalue weighted by molar-refractivity contribution is 0.0366. The fraction of sp³-hybridized carbons (Fsp3) is 0.400. The average Bonchev–Trinajstić information content (AvgIpc) is 3.30. The van der Waals surface area contributed by atoms with Gasteiger partial charge in [-0.1, -0.05) is 6.08 Å². The number of anilines is 1. The van der Waals surface area contributed by atoms with Crippen molar-refractivity contribution in [3.63, 3.8) is 0 Å². The smallest absolute Gasteiger partial charge is 0.230 e. The van der Waals surface area contributed by atoms with Gasteiger partial charge >= 0.3 is 0 Å². The summed E-state index contributed by atoms with van der Waals surface area (Å²) in [5, 5.41) is 4.30. The van der Waals surface area contributed by atoms with Crippen LogP contribution in [0.5, 0.6) is 0 Å². The summed E-state index contributed by atoms with van der Waals surface area (Å²) in [6, 6.07) is 4.01. The average molecular weight is 418 g/mol. The van der Waals surface area contributed by atoms with E-state index < -0.39 is 0 Å². The molecule has 0 saturated carbocycles. The quantitative estimate of drug-likeness (QED) is 0.214.